The van der Waals surface area contributed by atoms with Gasteiger partial charge in [-0.25, -0.2) is 0 Å². The van der Waals surface area contributed by atoms with Crippen LogP contribution in [0.3, 0.4) is 0 Å². The summed E-state index contributed by atoms with van der Waals surface area (Å²) in [5.41, 5.74) is 0.997. The first kappa shape index (κ1) is 13.2. The Bertz CT molecular complexity index is 424. The van der Waals surface area contributed by atoms with Crippen molar-refractivity contribution < 1.29 is 9.53 Å². The lowest BCUT2D eigenvalue weighted by Gasteiger charge is -2.11. The summed E-state index contributed by atoms with van der Waals surface area (Å²) >= 11 is 0. The molecule has 1 amide bonds. The van der Waals surface area contributed by atoms with Crippen LogP contribution in [0.4, 0.5) is 0 Å². The zero-order valence-electron chi connectivity index (χ0n) is 10.1. The van der Waals surface area contributed by atoms with Crippen LogP contribution in [0.5, 0.6) is 0 Å². The maximum Gasteiger partial charge on any atom is 0.251 e. The van der Waals surface area contributed by atoms with Gasteiger partial charge in [0.05, 0.1) is 18.2 Å². The monoisotopic (exact) mass is 232 g/mol. The van der Waals surface area contributed by atoms with Gasteiger partial charge in [0.25, 0.3) is 5.91 Å². The smallest absolute Gasteiger partial charge is 0.251 e. The number of hydrogen-bond donors (Lipinski definition) is 1. The molecule has 0 fully saturated rings. The Morgan fingerprint density at radius 3 is 3.00 bits per heavy atom. The first-order chi connectivity index (χ1) is 8.17. The van der Waals surface area contributed by atoms with Gasteiger partial charge in [0.2, 0.25) is 0 Å². The van der Waals surface area contributed by atoms with Crippen molar-refractivity contribution in [1.29, 1.82) is 5.26 Å². The highest BCUT2D eigenvalue weighted by Gasteiger charge is 2.08. The predicted molar refractivity (Wildman–Crippen MR) is 64.5 cm³/mol. The molecule has 0 aliphatic heterocycles. The maximum atomic E-state index is 11.8. The number of nitrogens with zero attached hydrogens (tertiary/aromatic N) is 1. The number of carbonyl (C=O) groups is 1. The van der Waals surface area contributed by atoms with Gasteiger partial charge in [-0.3, -0.25) is 4.79 Å². The lowest BCUT2D eigenvalue weighted by Crippen LogP contribution is -2.29. The Hall–Kier alpha value is -1.86. The van der Waals surface area contributed by atoms with Crippen molar-refractivity contribution in [1.82, 2.24) is 5.32 Å². The largest absolute Gasteiger partial charge is 0.384 e. The van der Waals surface area contributed by atoms with Gasteiger partial charge in [0.15, 0.2) is 0 Å². The Morgan fingerprint density at radius 1 is 1.59 bits per heavy atom. The number of methoxy groups -OCH3 is 1. The van der Waals surface area contributed by atoms with E-state index < -0.39 is 0 Å². The molecule has 0 radical (unpaired) electrons. The summed E-state index contributed by atoms with van der Waals surface area (Å²) in [5, 5.41) is 11.5. The number of ether oxygens (including phenoxy) is 1. The van der Waals surface area contributed by atoms with E-state index in [4.69, 9.17) is 10.00 Å². The van der Waals surface area contributed by atoms with E-state index in [-0.39, 0.29) is 11.8 Å². The number of benzene rings is 1. The summed E-state index contributed by atoms with van der Waals surface area (Å²) < 4.78 is 4.98. The Balaban J connectivity index is 2.55. The van der Waals surface area contributed by atoms with Crippen LogP contribution >= 0.6 is 0 Å². The minimum Gasteiger partial charge on any atom is -0.384 e. The van der Waals surface area contributed by atoms with Gasteiger partial charge in [-0.1, -0.05) is 13.0 Å². The minimum atomic E-state index is -0.162. The molecule has 0 aliphatic rings. The highest BCUT2D eigenvalue weighted by Crippen LogP contribution is 2.04. The molecule has 1 aromatic carbocycles. The van der Waals surface area contributed by atoms with E-state index in [1.807, 2.05) is 13.0 Å². The van der Waals surface area contributed by atoms with E-state index in [1.165, 1.54) is 0 Å². The standard InChI is InChI=1S/C13H16N2O2/c1-10(9-17-2)8-15-13(16)12-5-3-4-11(6-12)7-14/h3-6,10H,8-9H2,1-2H3,(H,15,16). The Labute approximate surface area is 101 Å². The lowest BCUT2D eigenvalue weighted by molar-refractivity contribution is 0.0934. The molecule has 1 aromatic rings. The first-order valence-corrected chi connectivity index (χ1v) is 5.44. The SMILES string of the molecule is COCC(C)CNC(=O)c1cccc(C#N)c1. The number of rotatable bonds is 5. The van der Waals surface area contributed by atoms with Crippen LogP contribution in [0.25, 0.3) is 0 Å². The first-order valence-electron chi connectivity index (χ1n) is 5.44. The molecule has 90 valence electrons. The molecule has 1 N–H and O–H groups in total. The third-order valence-electron chi connectivity index (χ3n) is 2.32. The summed E-state index contributed by atoms with van der Waals surface area (Å²) in [5.74, 6) is 0.105. The topological polar surface area (TPSA) is 62.1 Å². The molecule has 4 nitrogen and oxygen atoms in total. The molecule has 0 aliphatic carbocycles. The maximum absolute atomic E-state index is 11.8. The fourth-order valence-corrected chi connectivity index (χ4v) is 1.44. The van der Waals surface area contributed by atoms with Gasteiger partial charge < -0.3 is 10.1 Å². The molecular formula is C13H16N2O2. The van der Waals surface area contributed by atoms with Crippen molar-refractivity contribution in [3.05, 3.63) is 35.4 Å². The molecule has 0 saturated heterocycles. The third kappa shape index (κ3) is 4.25. The lowest BCUT2D eigenvalue weighted by atomic mass is 10.1. The molecule has 1 atom stereocenters. The van der Waals surface area contributed by atoms with Crippen LogP contribution in [0.1, 0.15) is 22.8 Å². The number of amides is 1. The van der Waals surface area contributed by atoms with E-state index in [1.54, 1.807) is 31.4 Å². The summed E-state index contributed by atoms with van der Waals surface area (Å²) in [7, 11) is 1.63. The second-order valence-electron chi connectivity index (χ2n) is 3.96. The fourth-order valence-electron chi connectivity index (χ4n) is 1.44. The van der Waals surface area contributed by atoms with Crippen LogP contribution in [0.15, 0.2) is 24.3 Å². The van der Waals surface area contributed by atoms with Gasteiger partial charge in [-0.15, -0.1) is 0 Å². The molecule has 0 bridgehead atoms. The van der Waals surface area contributed by atoms with Crippen LogP contribution < -0.4 is 5.32 Å². The van der Waals surface area contributed by atoms with Gasteiger partial charge in [0, 0.05) is 19.2 Å². The highest BCUT2D eigenvalue weighted by molar-refractivity contribution is 5.94. The molecule has 0 spiro atoms. The van der Waals surface area contributed by atoms with Crippen LogP contribution in [0.2, 0.25) is 0 Å². The number of nitriles is 1. The fraction of sp³-hybridized carbons (Fsp3) is 0.385. The molecule has 0 heterocycles. The van der Waals surface area contributed by atoms with E-state index in [9.17, 15) is 4.79 Å². The van der Waals surface area contributed by atoms with E-state index in [0.29, 0.717) is 24.3 Å². The van der Waals surface area contributed by atoms with Gasteiger partial charge in [-0.2, -0.15) is 5.26 Å². The Kier molecular flexibility index (Phi) is 5.18. The molecule has 4 heteroatoms. The van der Waals surface area contributed by atoms with E-state index >= 15 is 0 Å². The van der Waals surface area contributed by atoms with Gasteiger partial charge >= 0.3 is 0 Å². The normalized spacial score (nSPS) is 11.6. The summed E-state index contributed by atoms with van der Waals surface area (Å²) in [6.07, 6.45) is 0. The Morgan fingerprint density at radius 2 is 2.35 bits per heavy atom. The number of nitrogens with one attached hydrogen (secondary N) is 1. The third-order valence-corrected chi connectivity index (χ3v) is 2.32. The van der Waals surface area contributed by atoms with Gasteiger partial charge in [-0.05, 0) is 24.1 Å². The molecule has 1 rings (SSSR count). The highest BCUT2D eigenvalue weighted by atomic mass is 16.5. The average Bonchev–Trinajstić information content (AvgIpc) is 2.36. The molecule has 0 aromatic heterocycles. The number of hydrogen-bond acceptors (Lipinski definition) is 3. The van der Waals surface area contributed by atoms with Crippen molar-refractivity contribution in [2.75, 3.05) is 20.3 Å². The quantitative estimate of drug-likeness (QED) is 0.838. The second kappa shape index (κ2) is 6.66. The summed E-state index contributed by atoms with van der Waals surface area (Å²) in [4.78, 5) is 11.8. The van der Waals surface area contributed by atoms with Crippen LogP contribution in [-0.2, 0) is 4.74 Å². The molecule has 0 saturated carbocycles. The summed E-state index contributed by atoms with van der Waals surface area (Å²) in [6, 6.07) is 8.65. The molecule has 17 heavy (non-hydrogen) atoms. The van der Waals surface area contributed by atoms with E-state index in [2.05, 4.69) is 5.32 Å². The number of carbonyl (C=O) groups excluding carboxylic acids is 1. The van der Waals surface area contributed by atoms with Crippen molar-refractivity contribution in [2.45, 2.75) is 6.92 Å². The van der Waals surface area contributed by atoms with Crippen molar-refractivity contribution in [3.8, 4) is 6.07 Å². The van der Waals surface area contributed by atoms with Crippen molar-refractivity contribution in [2.24, 2.45) is 5.92 Å². The summed E-state index contributed by atoms with van der Waals surface area (Å²) in [6.45, 7) is 3.16. The zero-order chi connectivity index (χ0) is 12.7. The van der Waals surface area contributed by atoms with Gasteiger partial charge in [0.1, 0.15) is 0 Å². The molecule has 1 unspecified atom stereocenters. The molecular weight excluding hydrogens is 216 g/mol. The van der Waals surface area contributed by atoms with Crippen LogP contribution in [0, 0.1) is 17.2 Å². The van der Waals surface area contributed by atoms with Crippen LogP contribution in [-0.4, -0.2) is 26.2 Å². The second-order valence-corrected chi connectivity index (χ2v) is 3.96. The van der Waals surface area contributed by atoms with E-state index in [0.717, 1.165) is 0 Å². The predicted octanol–water partition coefficient (Wildman–Crippen LogP) is 1.57. The van der Waals surface area contributed by atoms with Crippen molar-refractivity contribution in [3.63, 3.8) is 0 Å². The zero-order valence-corrected chi connectivity index (χ0v) is 10.1. The average molecular weight is 232 g/mol. The van der Waals surface area contributed by atoms with Crippen molar-refractivity contribution >= 4 is 5.91 Å². The minimum absolute atomic E-state index is 0.162.